The van der Waals surface area contributed by atoms with Crippen molar-refractivity contribution < 1.29 is 24.5 Å². The number of aliphatic hydroxyl groups excluding tert-OH is 2. The third-order valence-electron chi connectivity index (χ3n) is 6.92. The molecule has 4 N–H and O–H groups in total. The molecule has 0 saturated heterocycles. The first-order valence-electron chi connectivity index (χ1n) is 13.2. The van der Waals surface area contributed by atoms with Crippen molar-refractivity contribution in [1.29, 1.82) is 0 Å². The second-order valence-corrected chi connectivity index (χ2v) is 10.5. The molecule has 7 nitrogen and oxygen atoms in total. The van der Waals surface area contributed by atoms with Gasteiger partial charge >= 0.3 is 6.09 Å². The van der Waals surface area contributed by atoms with E-state index in [1.54, 1.807) is 30.6 Å². The van der Waals surface area contributed by atoms with Crippen molar-refractivity contribution in [2.45, 2.75) is 79.1 Å². The Balaban J connectivity index is 2.76. The number of primary amides is 1. The predicted octanol–water partition coefficient (Wildman–Crippen LogP) is 5.34. The zero-order chi connectivity index (χ0) is 28.8. The predicted molar refractivity (Wildman–Crippen MR) is 152 cm³/mol. The number of carbonyl (C=O) groups is 2. The van der Waals surface area contributed by atoms with Gasteiger partial charge in [0.25, 0.3) is 0 Å². The lowest BCUT2D eigenvalue weighted by atomic mass is 9.81. The van der Waals surface area contributed by atoms with Gasteiger partial charge in [0, 0.05) is 43.0 Å². The highest BCUT2D eigenvalue weighted by atomic mass is 16.6. The molecule has 7 atom stereocenters. The summed E-state index contributed by atoms with van der Waals surface area (Å²) >= 11 is 0. The normalized spacial score (nSPS) is 18.2. The summed E-state index contributed by atoms with van der Waals surface area (Å²) < 4.78 is 5.36. The monoisotopic (exact) mass is 526 g/mol. The van der Waals surface area contributed by atoms with Crippen LogP contribution in [0.1, 0.15) is 59.9 Å². The van der Waals surface area contributed by atoms with E-state index in [-0.39, 0.29) is 35.9 Å². The number of ether oxygens (including phenoxy) is 1. The molecule has 0 fully saturated rings. The number of amides is 1. The summed E-state index contributed by atoms with van der Waals surface area (Å²) in [5, 5.41) is 21.9. The smallest absolute Gasteiger partial charge is 0.404 e. The van der Waals surface area contributed by atoms with Crippen LogP contribution >= 0.6 is 0 Å². The van der Waals surface area contributed by atoms with Gasteiger partial charge in [0.05, 0.1) is 12.2 Å². The zero-order valence-corrected chi connectivity index (χ0v) is 23.7. The van der Waals surface area contributed by atoms with Crippen LogP contribution in [0.4, 0.5) is 4.79 Å². The van der Waals surface area contributed by atoms with Gasteiger partial charge in [-0.05, 0) is 49.5 Å². The van der Waals surface area contributed by atoms with E-state index in [0.717, 1.165) is 16.7 Å². The fourth-order valence-electron chi connectivity index (χ4n) is 4.75. The quantitative estimate of drug-likeness (QED) is 0.197. The third-order valence-corrected chi connectivity index (χ3v) is 6.92. The van der Waals surface area contributed by atoms with Gasteiger partial charge in [-0.2, -0.15) is 0 Å². The number of allylic oxidation sites excluding steroid dienone is 4. The van der Waals surface area contributed by atoms with Crippen LogP contribution in [-0.2, 0) is 16.0 Å². The fourth-order valence-corrected chi connectivity index (χ4v) is 4.75. The molecule has 1 heterocycles. The molecule has 0 aromatic carbocycles. The van der Waals surface area contributed by atoms with Crippen LogP contribution in [0, 0.1) is 23.7 Å². The van der Waals surface area contributed by atoms with E-state index >= 15 is 0 Å². The van der Waals surface area contributed by atoms with Gasteiger partial charge < -0.3 is 20.7 Å². The van der Waals surface area contributed by atoms with Crippen LogP contribution in [0.5, 0.6) is 0 Å². The van der Waals surface area contributed by atoms with Gasteiger partial charge in [0.15, 0.2) is 0 Å². The molecule has 0 bridgehead atoms. The molecule has 0 aliphatic carbocycles. The van der Waals surface area contributed by atoms with Crippen LogP contribution in [-0.4, -0.2) is 45.4 Å². The van der Waals surface area contributed by atoms with E-state index in [1.165, 1.54) is 0 Å². The topological polar surface area (TPSA) is 123 Å². The molecule has 0 saturated carbocycles. The Kier molecular flexibility index (Phi) is 14.5. The van der Waals surface area contributed by atoms with E-state index in [0.29, 0.717) is 12.8 Å². The summed E-state index contributed by atoms with van der Waals surface area (Å²) in [5.74, 6) is -0.726. The number of nitrogens with zero attached hydrogens (tertiary/aromatic N) is 1. The van der Waals surface area contributed by atoms with E-state index in [9.17, 15) is 19.8 Å². The molecule has 0 aliphatic rings. The molecule has 1 aromatic rings. The Morgan fingerprint density at radius 3 is 2.32 bits per heavy atom. The SMILES string of the molecule is C=CC=CC(C)C(OC(N)=O)C(C)C(O)C(C)CC(C)=CC(C)C(O)C(C)=CCC(=O)Cc1ccncc1. The Labute approximate surface area is 228 Å². The zero-order valence-electron chi connectivity index (χ0n) is 23.7. The Bertz CT molecular complexity index is 985. The third kappa shape index (κ3) is 11.6. The second-order valence-electron chi connectivity index (χ2n) is 10.5. The average Bonchev–Trinajstić information content (AvgIpc) is 2.87. The molecule has 7 unspecified atom stereocenters. The number of aliphatic hydroxyl groups is 2. The Morgan fingerprint density at radius 2 is 1.74 bits per heavy atom. The maximum Gasteiger partial charge on any atom is 0.404 e. The molecule has 210 valence electrons. The van der Waals surface area contributed by atoms with Crippen molar-refractivity contribution in [3.8, 4) is 0 Å². The average molecular weight is 527 g/mol. The number of carbonyl (C=O) groups excluding carboxylic acids is 2. The van der Waals surface area contributed by atoms with E-state index in [1.807, 2.05) is 65.8 Å². The highest BCUT2D eigenvalue weighted by Gasteiger charge is 2.33. The van der Waals surface area contributed by atoms with Crippen LogP contribution in [0.15, 0.2) is 72.6 Å². The van der Waals surface area contributed by atoms with Crippen molar-refractivity contribution in [2.24, 2.45) is 29.4 Å². The van der Waals surface area contributed by atoms with Gasteiger partial charge in [-0.15, -0.1) is 0 Å². The fraction of sp³-hybridized carbons (Fsp3) is 0.516. The molecule has 0 spiro atoms. The van der Waals surface area contributed by atoms with Crippen molar-refractivity contribution in [1.82, 2.24) is 4.98 Å². The second kappa shape index (κ2) is 16.7. The molecule has 38 heavy (non-hydrogen) atoms. The van der Waals surface area contributed by atoms with Crippen LogP contribution in [0.2, 0.25) is 0 Å². The number of rotatable bonds is 16. The number of nitrogens with two attached hydrogens (primary N) is 1. The largest absolute Gasteiger partial charge is 0.445 e. The molecule has 7 heteroatoms. The molecular weight excluding hydrogens is 480 g/mol. The van der Waals surface area contributed by atoms with Gasteiger partial charge in [-0.3, -0.25) is 9.78 Å². The molecule has 1 amide bonds. The maximum atomic E-state index is 12.3. The highest BCUT2D eigenvalue weighted by Crippen LogP contribution is 2.28. The van der Waals surface area contributed by atoms with E-state index < -0.39 is 24.4 Å². The summed E-state index contributed by atoms with van der Waals surface area (Å²) in [4.78, 5) is 27.7. The molecule has 0 radical (unpaired) electrons. The number of hydrogen-bond donors (Lipinski definition) is 3. The van der Waals surface area contributed by atoms with Crippen LogP contribution in [0.3, 0.4) is 0 Å². The lowest BCUT2D eigenvalue weighted by Gasteiger charge is -2.33. The Hall–Kier alpha value is -3.03. The van der Waals surface area contributed by atoms with Crippen LogP contribution in [0.25, 0.3) is 0 Å². The van der Waals surface area contributed by atoms with E-state index in [4.69, 9.17) is 10.5 Å². The van der Waals surface area contributed by atoms with E-state index in [2.05, 4.69) is 11.6 Å². The number of aromatic nitrogens is 1. The molecule has 0 aliphatic heterocycles. The number of ketones is 1. The Morgan fingerprint density at radius 1 is 1.11 bits per heavy atom. The first-order valence-corrected chi connectivity index (χ1v) is 13.2. The summed E-state index contributed by atoms with van der Waals surface area (Å²) in [5.41, 5.74) is 7.99. The molecule has 1 aromatic heterocycles. The maximum absolute atomic E-state index is 12.3. The summed E-state index contributed by atoms with van der Waals surface area (Å²) in [7, 11) is 0. The standard InChI is InChI=1S/C31H46N2O5/c1-8-9-10-22(4)30(38-31(32)37)25(7)29(36)24(6)18-20(2)17-23(5)28(35)21(3)11-12-27(34)19-26-13-15-33-16-14-26/h8-11,13-17,22-25,28-30,35-36H,1,12,18-19H2,2-7H3,(H2,32,37). The lowest BCUT2D eigenvalue weighted by molar-refractivity contribution is -0.117. The van der Waals surface area contributed by atoms with Crippen molar-refractivity contribution in [2.75, 3.05) is 0 Å². The first kappa shape index (κ1) is 33.0. The van der Waals surface area contributed by atoms with Gasteiger partial charge in [0.2, 0.25) is 0 Å². The number of hydrogen-bond acceptors (Lipinski definition) is 6. The lowest BCUT2D eigenvalue weighted by Crippen LogP contribution is -2.41. The highest BCUT2D eigenvalue weighted by molar-refractivity contribution is 5.82. The first-order chi connectivity index (χ1) is 17.9. The van der Waals surface area contributed by atoms with Gasteiger partial charge in [-0.1, -0.05) is 70.2 Å². The van der Waals surface area contributed by atoms with Crippen molar-refractivity contribution in [3.63, 3.8) is 0 Å². The number of Topliss-reactive ketones (excluding diaryl/α,β-unsaturated/α-hetero) is 1. The summed E-state index contributed by atoms with van der Waals surface area (Å²) in [6.45, 7) is 15.1. The minimum Gasteiger partial charge on any atom is -0.445 e. The summed E-state index contributed by atoms with van der Waals surface area (Å²) in [6.07, 6.45) is 10.7. The molecular formula is C31H46N2O5. The van der Waals surface area contributed by atoms with Gasteiger partial charge in [0.1, 0.15) is 11.9 Å². The van der Waals surface area contributed by atoms with Crippen molar-refractivity contribution >= 4 is 11.9 Å². The van der Waals surface area contributed by atoms with Crippen molar-refractivity contribution in [3.05, 3.63) is 78.2 Å². The number of pyridine rings is 1. The summed E-state index contributed by atoms with van der Waals surface area (Å²) in [6, 6.07) is 3.65. The van der Waals surface area contributed by atoms with Gasteiger partial charge in [-0.25, -0.2) is 4.79 Å². The minimum absolute atomic E-state index is 0.0759. The minimum atomic E-state index is -0.873. The van der Waals surface area contributed by atoms with Crippen LogP contribution < -0.4 is 5.73 Å². The molecule has 1 rings (SSSR count).